The summed E-state index contributed by atoms with van der Waals surface area (Å²) in [6.45, 7) is 4.65. The van der Waals surface area contributed by atoms with E-state index < -0.39 is 13.9 Å². The number of unbranched alkanes of at least 4 members (excludes halogenated alkanes) is 15. The standard InChI is InChI=1S/C57H96NO7P/c1-3-5-7-9-11-13-15-17-19-21-23-25-27-29-31-33-35-37-39-41-43-45-47-49-52-62-54-56(55-64-66(60,61)63-53-51-58)65-57(59)50-48-46-44-42-40-38-36-34-32-30-28-26-24-22-20-18-16-14-12-10-8-6-4-2/h5,7,11,13,16-19,22-25,28-31,35,37,41,43,56H,3-4,6,8-10,12,14-15,20-21,26-27,32-34,36,38-40,42,44-55,58H2,1-2H3,(H,60,61)/b7-5-,13-11-,18-16-,19-17-,24-22-,25-23-,30-28-,31-29-,37-35-,43-41-. The minimum absolute atomic E-state index is 0.0746. The molecule has 2 atom stereocenters. The van der Waals surface area contributed by atoms with Crippen molar-refractivity contribution >= 4 is 13.8 Å². The largest absolute Gasteiger partial charge is 0.472 e. The summed E-state index contributed by atoms with van der Waals surface area (Å²) in [6, 6.07) is 0. The van der Waals surface area contributed by atoms with Crippen molar-refractivity contribution < 1.29 is 32.8 Å². The highest BCUT2D eigenvalue weighted by molar-refractivity contribution is 7.47. The number of rotatable bonds is 48. The van der Waals surface area contributed by atoms with Gasteiger partial charge >= 0.3 is 13.8 Å². The first-order chi connectivity index (χ1) is 32.4. The number of esters is 1. The Morgan fingerprint density at radius 3 is 1.27 bits per heavy atom. The van der Waals surface area contributed by atoms with Crippen LogP contribution < -0.4 is 5.73 Å². The number of phosphoric ester groups is 1. The first kappa shape index (κ1) is 62.9. The van der Waals surface area contributed by atoms with Crippen molar-refractivity contribution in [2.45, 2.75) is 200 Å². The van der Waals surface area contributed by atoms with Crippen LogP contribution in [-0.4, -0.2) is 49.9 Å². The van der Waals surface area contributed by atoms with Crippen LogP contribution in [0.3, 0.4) is 0 Å². The smallest absolute Gasteiger partial charge is 0.457 e. The monoisotopic (exact) mass is 938 g/mol. The molecule has 0 amide bonds. The minimum atomic E-state index is -4.31. The van der Waals surface area contributed by atoms with Crippen molar-refractivity contribution in [3.8, 4) is 0 Å². The van der Waals surface area contributed by atoms with Crippen molar-refractivity contribution in [3.05, 3.63) is 122 Å². The fourth-order valence-electron chi connectivity index (χ4n) is 6.57. The number of nitrogens with two attached hydrogens (primary N) is 1. The Hall–Kier alpha value is -3.10. The van der Waals surface area contributed by atoms with Gasteiger partial charge in [0.15, 0.2) is 0 Å². The lowest BCUT2D eigenvalue weighted by Gasteiger charge is -2.20. The molecule has 0 aromatic carbocycles. The van der Waals surface area contributed by atoms with Crippen LogP contribution in [0.5, 0.6) is 0 Å². The van der Waals surface area contributed by atoms with E-state index in [1.807, 2.05) is 0 Å². The van der Waals surface area contributed by atoms with Crippen molar-refractivity contribution in [3.63, 3.8) is 0 Å². The zero-order valence-corrected chi connectivity index (χ0v) is 42.8. The molecular formula is C57H96NO7P. The number of allylic oxidation sites excluding steroid dienone is 20. The molecule has 0 saturated heterocycles. The summed E-state index contributed by atoms with van der Waals surface area (Å²) >= 11 is 0. The average molecular weight is 938 g/mol. The van der Waals surface area contributed by atoms with Crippen LogP contribution >= 0.6 is 7.82 Å². The van der Waals surface area contributed by atoms with Crippen molar-refractivity contribution in [1.82, 2.24) is 0 Å². The number of phosphoric acid groups is 1. The Balaban J connectivity index is 4.10. The second-order valence-corrected chi connectivity index (χ2v) is 18.1. The highest BCUT2D eigenvalue weighted by Crippen LogP contribution is 2.43. The van der Waals surface area contributed by atoms with Gasteiger partial charge in [0.05, 0.1) is 19.8 Å². The SMILES string of the molecule is CC/C=C\C/C=C\C/C=C\C/C=C\C/C=C\C/C=C\C/C=C\CCCCOCC(COP(=O)(O)OCCN)OC(=O)CCCCCCCCCC/C=C\C/C=C\C/C=C\CCCCCCC. The molecule has 0 fully saturated rings. The van der Waals surface area contributed by atoms with E-state index in [1.165, 1.54) is 70.6 Å². The van der Waals surface area contributed by atoms with Crippen LogP contribution in [0.4, 0.5) is 0 Å². The predicted molar refractivity (Wildman–Crippen MR) is 284 cm³/mol. The molecule has 0 heterocycles. The molecular weight excluding hydrogens is 842 g/mol. The Kier molecular flexibility index (Phi) is 50.4. The summed E-state index contributed by atoms with van der Waals surface area (Å²) in [5.41, 5.74) is 5.39. The van der Waals surface area contributed by atoms with Crippen LogP contribution in [0.25, 0.3) is 0 Å². The maximum Gasteiger partial charge on any atom is 0.472 e. The third-order valence-electron chi connectivity index (χ3n) is 10.4. The Morgan fingerprint density at radius 2 is 0.848 bits per heavy atom. The molecule has 0 aromatic rings. The van der Waals surface area contributed by atoms with E-state index in [1.54, 1.807) is 0 Å². The topological polar surface area (TPSA) is 117 Å². The second kappa shape index (κ2) is 52.9. The molecule has 0 rings (SSSR count). The molecule has 3 N–H and O–H groups in total. The van der Waals surface area contributed by atoms with Gasteiger partial charge in [0.25, 0.3) is 0 Å². The molecule has 0 radical (unpaired) electrons. The molecule has 0 aliphatic carbocycles. The van der Waals surface area contributed by atoms with Gasteiger partial charge in [0.1, 0.15) is 6.10 Å². The van der Waals surface area contributed by atoms with Gasteiger partial charge in [0.2, 0.25) is 0 Å². The van der Waals surface area contributed by atoms with Crippen LogP contribution in [0.2, 0.25) is 0 Å². The lowest BCUT2D eigenvalue weighted by molar-refractivity contribution is -0.154. The van der Waals surface area contributed by atoms with Gasteiger partial charge in [-0.15, -0.1) is 0 Å². The first-order valence-corrected chi connectivity index (χ1v) is 27.5. The Labute approximate surface area is 405 Å². The fourth-order valence-corrected chi connectivity index (χ4v) is 7.34. The minimum Gasteiger partial charge on any atom is -0.457 e. The molecule has 0 saturated carbocycles. The van der Waals surface area contributed by atoms with Crippen molar-refractivity contribution in [1.29, 1.82) is 0 Å². The van der Waals surface area contributed by atoms with Gasteiger partial charge in [-0.1, -0.05) is 200 Å². The third kappa shape index (κ3) is 51.9. The molecule has 0 bridgehead atoms. The van der Waals surface area contributed by atoms with E-state index >= 15 is 0 Å². The van der Waals surface area contributed by atoms with E-state index in [-0.39, 0.29) is 32.3 Å². The molecule has 8 nitrogen and oxygen atoms in total. The van der Waals surface area contributed by atoms with Gasteiger partial charge in [0, 0.05) is 19.6 Å². The summed E-state index contributed by atoms with van der Waals surface area (Å²) in [7, 11) is -4.31. The van der Waals surface area contributed by atoms with Gasteiger partial charge in [-0.25, -0.2) is 4.57 Å². The molecule has 376 valence electrons. The Morgan fingerprint density at radius 1 is 0.470 bits per heavy atom. The number of carbonyl (C=O) groups is 1. The summed E-state index contributed by atoms with van der Waals surface area (Å²) in [5.74, 6) is -0.358. The highest BCUT2D eigenvalue weighted by Gasteiger charge is 2.25. The van der Waals surface area contributed by atoms with Crippen LogP contribution in [0.15, 0.2) is 122 Å². The van der Waals surface area contributed by atoms with Crippen LogP contribution in [-0.2, 0) is 27.9 Å². The summed E-state index contributed by atoms with van der Waals surface area (Å²) in [5, 5.41) is 0. The fraction of sp³-hybridized carbons (Fsp3) is 0.632. The summed E-state index contributed by atoms with van der Waals surface area (Å²) in [6.07, 6.45) is 73.8. The number of hydrogen-bond acceptors (Lipinski definition) is 7. The molecule has 2 unspecified atom stereocenters. The quantitative estimate of drug-likeness (QED) is 0.0268. The van der Waals surface area contributed by atoms with Crippen molar-refractivity contribution in [2.75, 3.05) is 33.0 Å². The van der Waals surface area contributed by atoms with E-state index in [0.29, 0.717) is 13.0 Å². The molecule has 0 aromatic heterocycles. The van der Waals surface area contributed by atoms with E-state index in [4.69, 9.17) is 24.3 Å². The highest BCUT2D eigenvalue weighted by atomic mass is 31.2. The predicted octanol–water partition coefficient (Wildman–Crippen LogP) is 16.5. The Bertz CT molecular complexity index is 1420. The maximum absolute atomic E-state index is 12.7. The van der Waals surface area contributed by atoms with Gasteiger partial charge in [-0.3, -0.25) is 13.8 Å². The van der Waals surface area contributed by atoms with E-state index in [9.17, 15) is 14.3 Å². The van der Waals surface area contributed by atoms with Gasteiger partial charge in [-0.05, 0) is 109 Å². The van der Waals surface area contributed by atoms with E-state index in [0.717, 1.165) is 103 Å². The molecule has 0 aliphatic heterocycles. The zero-order chi connectivity index (χ0) is 48.0. The molecule has 0 aliphatic rings. The molecule has 9 heteroatoms. The van der Waals surface area contributed by atoms with Gasteiger partial charge in [-0.2, -0.15) is 0 Å². The first-order valence-electron chi connectivity index (χ1n) is 26.0. The van der Waals surface area contributed by atoms with Crippen molar-refractivity contribution in [2.24, 2.45) is 5.73 Å². The summed E-state index contributed by atoms with van der Waals surface area (Å²) < 4.78 is 33.5. The molecule has 0 spiro atoms. The van der Waals surface area contributed by atoms with Gasteiger partial charge < -0.3 is 20.1 Å². The second-order valence-electron chi connectivity index (χ2n) is 16.6. The lowest BCUT2D eigenvalue weighted by atomic mass is 10.1. The third-order valence-corrected chi connectivity index (χ3v) is 11.3. The van der Waals surface area contributed by atoms with Crippen LogP contribution in [0.1, 0.15) is 194 Å². The maximum atomic E-state index is 12.7. The number of ether oxygens (including phenoxy) is 2. The van der Waals surface area contributed by atoms with Crippen LogP contribution in [0, 0.1) is 0 Å². The number of carbonyl (C=O) groups excluding carboxylic acids is 1. The molecule has 66 heavy (non-hydrogen) atoms. The van der Waals surface area contributed by atoms with E-state index in [2.05, 4.69) is 135 Å². The zero-order valence-electron chi connectivity index (χ0n) is 41.9. The number of hydrogen-bond donors (Lipinski definition) is 2. The summed E-state index contributed by atoms with van der Waals surface area (Å²) in [4.78, 5) is 22.6. The normalized spacial score (nSPS) is 14.3. The average Bonchev–Trinajstić information content (AvgIpc) is 3.31. The lowest BCUT2D eigenvalue weighted by Crippen LogP contribution is -2.28.